The number of hydrogen-bond donors (Lipinski definition) is 2. The quantitative estimate of drug-likeness (QED) is 0.882. The summed E-state index contributed by atoms with van der Waals surface area (Å²) in [5, 5.41) is 13.4. The van der Waals surface area contributed by atoms with Crippen molar-refractivity contribution >= 4 is 33.4 Å². The van der Waals surface area contributed by atoms with Crippen molar-refractivity contribution in [3.63, 3.8) is 0 Å². The van der Waals surface area contributed by atoms with Crippen LogP contribution in [0.4, 0.5) is 0 Å². The molecular weight excluding hydrogens is 334 g/mol. The van der Waals surface area contributed by atoms with Gasteiger partial charge < -0.3 is 15.2 Å². The van der Waals surface area contributed by atoms with Crippen molar-refractivity contribution in [1.82, 2.24) is 5.32 Å². The molecule has 2 rings (SSSR count). The van der Waals surface area contributed by atoms with Gasteiger partial charge in [0.25, 0.3) is 5.91 Å². The summed E-state index contributed by atoms with van der Waals surface area (Å²) in [4.78, 5) is 12.0. The third-order valence-corrected chi connectivity index (χ3v) is 4.49. The number of hydrogen-bond acceptors (Lipinski definition) is 3. The fourth-order valence-electron chi connectivity index (χ4n) is 1.95. The minimum absolute atomic E-state index is 0.206. The molecule has 104 valence electrons. The van der Waals surface area contributed by atoms with Crippen LogP contribution < -0.4 is 5.32 Å². The number of rotatable bonds is 3. The number of ether oxygens (including phenoxy) is 1. The maximum absolute atomic E-state index is 12.0. The van der Waals surface area contributed by atoms with Gasteiger partial charge in [0.15, 0.2) is 0 Å². The minimum Gasteiger partial charge on any atom is -0.388 e. The molecule has 0 aromatic heterocycles. The number of carbonyl (C=O) groups is 1. The first-order valence-corrected chi connectivity index (χ1v) is 7.21. The fourth-order valence-corrected chi connectivity index (χ4v) is 2.53. The van der Waals surface area contributed by atoms with Crippen LogP contribution in [-0.2, 0) is 4.74 Å². The molecule has 0 atom stereocenters. The molecule has 1 fully saturated rings. The highest BCUT2D eigenvalue weighted by Gasteiger charge is 2.30. The predicted octanol–water partition coefficient (Wildman–Crippen LogP) is 2.37. The summed E-state index contributed by atoms with van der Waals surface area (Å²) in [5.74, 6) is -0.286. The summed E-state index contributed by atoms with van der Waals surface area (Å²) in [5.41, 5.74) is -0.487. The molecule has 1 amide bonds. The van der Waals surface area contributed by atoms with Crippen LogP contribution in [0.1, 0.15) is 23.2 Å². The zero-order chi connectivity index (χ0) is 13.9. The van der Waals surface area contributed by atoms with Crippen molar-refractivity contribution in [2.45, 2.75) is 18.4 Å². The maximum atomic E-state index is 12.0. The summed E-state index contributed by atoms with van der Waals surface area (Å²) in [6.45, 7) is 1.24. The van der Waals surface area contributed by atoms with Gasteiger partial charge >= 0.3 is 0 Å². The van der Waals surface area contributed by atoms with Gasteiger partial charge in [-0.25, -0.2) is 0 Å². The zero-order valence-corrected chi connectivity index (χ0v) is 12.6. The predicted molar refractivity (Wildman–Crippen MR) is 76.5 cm³/mol. The van der Waals surface area contributed by atoms with E-state index in [9.17, 15) is 9.90 Å². The summed E-state index contributed by atoms with van der Waals surface area (Å²) in [7, 11) is 0. The number of nitrogens with one attached hydrogen (secondary N) is 1. The minimum atomic E-state index is -0.883. The van der Waals surface area contributed by atoms with E-state index in [0.29, 0.717) is 41.1 Å². The third kappa shape index (κ3) is 3.69. The Morgan fingerprint density at radius 1 is 1.47 bits per heavy atom. The highest BCUT2D eigenvalue weighted by Crippen LogP contribution is 2.26. The number of aliphatic hydroxyl groups is 1. The Labute approximate surface area is 125 Å². The molecule has 1 aliphatic heterocycles. The topological polar surface area (TPSA) is 58.6 Å². The Morgan fingerprint density at radius 2 is 2.16 bits per heavy atom. The molecule has 1 aromatic carbocycles. The Kier molecular flexibility index (Phi) is 4.84. The Balaban J connectivity index is 1.99. The lowest BCUT2D eigenvalue weighted by molar-refractivity contribution is -0.0605. The van der Waals surface area contributed by atoms with E-state index in [0.717, 1.165) is 0 Å². The van der Waals surface area contributed by atoms with Gasteiger partial charge in [0, 0.05) is 37.1 Å². The van der Waals surface area contributed by atoms with E-state index < -0.39 is 5.60 Å². The van der Waals surface area contributed by atoms with E-state index in [1.165, 1.54) is 0 Å². The molecule has 1 heterocycles. The van der Waals surface area contributed by atoms with Crippen LogP contribution in [0.15, 0.2) is 22.7 Å². The van der Waals surface area contributed by atoms with Crippen LogP contribution in [-0.4, -0.2) is 36.4 Å². The summed E-state index contributed by atoms with van der Waals surface area (Å²) in [6.07, 6.45) is 1.05. The molecule has 6 heteroatoms. The molecule has 4 nitrogen and oxygen atoms in total. The van der Waals surface area contributed by atoms with Crippen molar-refractivity contribution in [2.75, 3.05) is 19.8 Å². The SMILES string of the molecule is O=C(NCC1(O)CCOCC1)c1cccc(Br)c1Cl. The first kappa shape index (κ1) is 14.8. The van der Waals surface area contributed by atoms with Gasteiger partial charge in [0.1, 0.15) is 0 Å². The second-order valence-corrected chi connectivity index (χ2v) is 5.85. The van der Waals surface area contributed by atoms with Gasteiger partial charge in [-0.3, -0.25) is 4.79 Å². The first-order chi connectivity index (χ1) is 9.02. The molecule has 0 bridgehead atoms. The van der Waals surface area contributed by atoms with Crippen molar-refractivity contribution < 1.29 is 14.6 Å². The molecule has 19 heavy (non-hydrogen) atoms. The van der Waals surface area contributed by atoms with Gasteiger partial charge in [0.2, 0.25) is 0 Å². The molecular formula is C13H15BrClNO3. The van der Waals surface area contributed by atoms with E-state index in [4.69, 9.17) is 16.3 Å². The standard InChI is InChI=1S/C13H15BrClNO3/c14-10-3-1-2-9(11(10)15)12(17)16-8-13(18)4-6-19-7-5-13/h1-3,18H,4-8H2,(H,16,17). The molecule has 0 unspecified atom stereocenters. The van der Waals surface area contributed by atoms with Gasteiger partial charge in [-0.05, 0) is 28.1 Å². The Bertz CT molecular complexity index is 475. The third-order valence-electron chi connectivity index (χ3n) is 3.20. The van der Waals surface area contributed by atoms with Crippen LogP contribution >= 0.6 is 27.5 Å². The smallest absolute Gasteiger partial charge is 0.252 e. The number of carbonyl (C=O) groups excluding carboxylic acids is 1. The number of benzene rings is 1. The highest BCUT2D eigenvalue weighted by molar-refractivity contribution is 9.10. The van der Waals surface area contributed by atoms with E-state index in [-0.39, 0.29) is 12.5 Å². The normalized spacial score (nSPS) is 18.1. The Morgan fingerprint density at radius 3 is 2.84 bits per heavy atom. The summed E-state index contributed by atoms with van der Waals surface area (Å²) >= 11 is 9.33. The number of halogens is 2. The van der Waals surface area contributed by atoms with E-state index in [1.807, 2.05) is 0 Å². The van der Waals surface area contributed by atoms with E-state index >= 15 is 0 Å². The Hall–Kier alpha value is -0.620. The van der Waals surface area contributed by atoms with Gasteiger partial charge in [-0.1, -0.05) is 17.7 Å². The van der Waals surface area contributed by atoms with Crippen LogP contribution in [0, 0.1) is 0 Å². The molecule has 2 N–H and O–H groups in total. The van der Waals surface area contributed by atoms with Crippen molar-refractivity contribution in [3.8, 4) is 0 Å². The molecule has 0 radical (unpaired) electrons. The van der Waals surface area contributed by atoms with E-state index in [2.05, 4.69) is 21.2 Å². The molecule has 0 spiro atoms. The average Bonchev–Trinajstić information content (AvgIpc) is 2.40. The fraction of sp³-hybridized carbons (Fsp3) is 0.462. The van der Waals surface area contributed by atoms with Gasteiger partial charge in [-0.15, -0.1) is 0 Å². The monoisotopic (exact) mass is 347 g/mol. The summed E-state index contributed by atoms with van der Waals surface area (Å²) < 4.78 is 5.86. The second kappa shape index (κ2) is 6.22. The lowest BCUT2D eigenvalue weighted by Crippen LogP contribution is -2.46. The second-order valence-electron chi connectivity index (χ2n) is 4.62. The van der Waals surface area contributed by atoms with E-state index in [1.54, 1.807) is 18.2 Å². The summed E-state index contributed by atoms with van der Waals surface area (Å²) in [6, 6.07) is 5.16. The van der Waals surface area contributed by atoms with Crippen molar-refractivity contribution in [1.29, 1.82) is 0 Å². The van der Waals surface area contributed by atoms with Crippen LogP contribution in [0.3, 0.4) is 0 Å². The van der Waals surface area contributed by atoms with Crippen molar-refractivity contribution in [3.05, 3.63) is 33.3 Å². The van der Waals surface area contributed by atoms with Crippen LogP contribution in [0.2, 0.25) is 5.02 Å². The lowest BCUT2D eigenvalue weighted by Gasteiger charge is -2.32. The van der Waals surface area contributed by atoms with Gasteiger partial charge in [0.05, 0.1) is 16.2 Å². The highest BCUT2D eigenvalue weighted by atomic mass is 79.9. The molecule has 1 aromatic rings. The zero-order valence-electron chi connectivity index (χ0n) is 10.3. The number of amides is 1. The lowest BCUT2D eigenvalue weighted by atomic mass is 9.94. The maximum Gasteiger partial charge on any atom is 0.252 e. The van der Waals surface area contributed by atoms with Gasteiger partial charge in [-0.2, -0.15) is 0 Å². The average molecular weight is 349 g/mol. The molecule has 1 saturated heterocycles. The largest absolute Gasteiger partial charge is 0.388 e. The van der Waals surface area contributed by atoms with Crippen LogP contribution in [0.25, 0.3) is 0 Å². The van der Waals surface area contributed by atoms with Crippen LogP contribution in [0.5, 0.6) is 0 Å². The van der Waals surface area contributed by atoms with Crippen molar-refractivity contribution in [2.24, 2.45) is 0 Å². The molecule has 0 aliphatic carbocycles. The molecule has 1 aliphatic rings. The molecule has 0 saturated carbocycles. The first-order valence-electron chi connectivity index (χ1n) is 6.04.